The van der Waals surface area contributed by atoms with E-state index in [1.165, 1.54) is 9.87 Å². The van der Waals surface area contributed by atoms with E-state index in [9.17, 15) is 8.42 Å². The van der Waals surface area contributed by atoms with Crippen LogP contribution in [0.3, 0.4) is 0 Å². The normalized spacial score (nSPS) is 17.7. The van der Waals surface area contributed by atoms with Gasteiger partial charge in [0.1, 0.15) is 10.6 Å². The van der Waals surface area contributed by atoms with E-state index in [4.69, 9.17) is 4.52 Å². The van der Waals surface area contributed by atoms with Crippen molar-refractivity contribution in [3.63, 3.8) is 0 Å². The van der Waals surface area contributed by atoms with Gasteiger partial charge in [-0.2, -0.15) is 4.31 Å². The second kappa shape index (κ2) is 5.81. The van der Waals surface area contributed by atoms with Gasteiger partial charge >= 0.3 is 0 Å². The highest BCUT2D eigenvalue weighted by Gasteiger charge is 2.33. The average molecular weight is 321 g/mol. The van der Waals surface area contributed by atoms with E-state index in [0.29, 0.717) is 30.5 Å². The van der Waals surface area contributed by atoms with Crippen LogP contribution in [0.15, 0.2) is 33.9 Å². The van der Waals surface area contributed by atoms with E-state index in [2.05, 4.69) is 10.1 Å². The van der Waals surface area contributed by atoms with E-state index in [0.717, 1.165) is 12.8 Å². The third-order valence-corrected chi connectivity index (χ3v) is 6.34. The molecule has 2 aromatic heterocycles. The highest BCUT2D eigenvalue weighted by molar-refractivity contribution is 7.89. The molecule has 0 atom stereocenters. The predicted molar refractivity (Wildman–Crippen MR) is 80.9 cm³/mol. The second-order valence-corrected chi connectivity index (χ2v) is 7.49. The number of piperidine rings is 1. The lowest BCUT2D eigenvalue weighted by molar-refractivity contribution is 0.318. The van der Waals surface area contributed by atoms with Crippen LogP contribution in [0.2, 0.25) is 0 Å². The fourth-order valence-corrected chi connectivity index (χ4v) is 4.80. The first-order valence-corrected chi connectivity index (χ1v) is 8.77. The predicted octanol–water partition coefficient (Wildman–Crippen LogP) is 2.25. The summed E-state index contributed by atoms with van der Waals surface area (Å²) in [4.78, 5) is 4.24. The molecule has 0 N–H and O–H groups in total. The van der Waals surface area contributed by atoms with Gasteiger partial charge in [0.2, 0.25) is 10.0 Å². The summed E-state index contributed by atoms with van der Waals surface area (Å²) in [6.07, 6.45) is 5.18. The van der Waals surface area contributed by atoms with Crippen LogP contribution in [0, 0.1) is 13.8 Å². The number of aryl methyl sites for hydroxylation is 2. The van der Waals surface area contributed by atoms with Gasteiger partial charge in [-0.3, -0.25) is 4.98 Å². The monoisotopic (exact) mass is 321 g/mol. The number of sulfonamides is 1. The Morgan fingerprint density at radius 2 is 1.82 bits per heavy atom. The molecule has 3 rings (SSSR count). The summed E-state index contributed by atoms with van der Waals surface area (Å²) in [6, 6.07) is 4.01. The average Bonchev–Trinajstić information content (AvgIpc) is 2.88. The molecule has 0 unspecified atom stereocenters. The number of pyridine rings is 1. The van der Waals surface area contributed by atoms with Crippen LogP contribution in [0.4, 0.5) is 0 Å². The molecule has 1 fully saturated rings. The van der Waals surface area contributed by atoms with Crippen molar-refractivity contribution < 1.29 is 12.9 Å². The highest BCUT2D eigenvalue weighted by atomic mass is 32.2. The Balaban J connectivity index is 1.76. The zero-order chi connectivity index (χ0) is 15.7. The van der Waals surface area contributed by atoms with Crippen LogP contribution < -0.4 is 0 Å². The van der Waals surface area contributed by atoms with Crippen molar-refractivity contribution in [2.75, 3.05) is 13.1 Å². The zero-order valence-corrected chi connectivity index (χ0v) is 13.5. The third-order valence-electron chi connectivity index (χ3n) is 4.20. The standard InChI is InChI=1S/C15H19N3O3S/c1-11-15(12(2)21-17-11)22(19,20)18-9-5-14(6-10-18)13-3-7-16-8-4-13/h3-4,7-8,14H,5-6,9-10H2,1-2H3. The van der Waals surface area contributed by atoms with Crippen LogP contribution in [-0.4, -0.2) is 36.0 Å². The molecule has 0 bridgehead atoms. The van der Waals surface area contributed by atoms with Crippen molar-refractivity contribution >= 4 is 10.0 Å². The molecule has 118 valence electrons. The fourth-order valence-electron chi connectivity index (χ4n) is 3.04. The Morgan fingerprint density at radius 1 is 1.18 bits per heavy atom. The third kappa shape index (κ3) is 2.66. The minimum absolute atomic E-state index is 0.217. The van der Waals surface area contributed by atoms with Gasteiger partial charge in [0, 0.05) is 25.5 Å². The summed E-state index contributed by atoms with van der Waals surface area (Å²) in [6.45, 7) is 4.32. The van der Waals surface area contributed by atoms with Gasteiger partial charge < -0.3 is 4.52 Å². The molecule has 2 aromatic rings. The molecule has 3 heterocycles. The Bertz CT molecular complexity index is 728. The number of hydrogen-bond donors (Lipinski definition) is 0. The van der Waals surface area contributed by atoms with Gasteiger partial charge in [-0.25, -0.2) is 8.42 Å². The van der Waals surface area contributed by atoms with Crippen LogP contribution in [-0.2, 0) is 10.0 Å². The fraction of sp³-hybridized carbons (Fsp3) is 0.467. The molecule has 1 saturated heterocycles. The van der Waals surface area contributed by atoms with Gasteiger partial charge in [0.15, 0.2) is 5.76 Å². The maximum atomic E-state index is 12.7. The first-order valence-electron chi connectivity index (χ1n) is 7.33. The summed E-state index contributed by atoms with van der Waals surface area (Å²) in [7, 11) is -3.52. The van der Waals surface area contributed by atoms with Crippen molar-refractivity contribution in [1.82, 2.24) is 14.4 Å². The molecule has 1 aliphatic rings. The van der Waals surface area contributed by atoms with E-state index < -0.39 is 10.0 Å². The van der Waals surface area contributed by atoms with Crippen molar-refractivity contribution in [3.05, 3.63) is 41.5 Å². The van der Waals surface area contributed by atoms with Gasteiger partial charge in [-0.05, 0) is 50.3 Å². The second-order valence-electron chi connectivity index (χ2n) is 5.61. The Labute approximate surface area is 130 Å². The molecular weight excluding hydrogens is 302 g/mol. The van der Waals surface area contributed by atoms with E-state index in [1.54, 1.807) is 26.2 Å². The van der Waals surface area contributed by atoms with E-state index >= 15 is 0 Å². The Hall–Kier alpha value is -1.73. The molecule has 6 nitrogen and oxygen atoms in total. The molecular formula is C15H19N3O3S. The van der Waals surface area contributed by atoms with Crippen molar-refractivity contribution in [1.29, 1.82) is 0 Å². The molecule has 0 radical (unpaired) electrons. The Kier molecular flexibility index (Phi) is 4.01. The highest BCUT2D eigenvalue weighted by Crippen LogP contribution is 2.31. The lowest BCUT2D eigenvalue weighted by Crippen LogP contribution is -2.38. The first kappa shape index (κ1) is 15.2. The molecule has 7 heteroatoms. The smallest absolute Gasteiger partial charge is 0.248 e. The largest absolute Gasteiger partial charge is 0.360 e. The zero-order valence-electron chi connectivity index (χ0n) is 12.7. The lowest BCUT2D eigenvalue weighted by atomic mass is 9.91. The summed E-state index contributed by atoms with van der Waals surface area (Å²) in [5, 5.41) is 3.75. The first-order chi connectivity index (χ1) is 10.5. The Morgan fingerprint density at radius 3 is 2.36 bits per heavy atom. The van der Waals surface area contributed by atoms with Gasteiger partial charge in [-0.15, -0.1) is 0 Å². The number of nitrogens with zero attached hydrogens (tertiary/aromatic N) is 3. The van der Waals surface area contributed by atoms with Crippen molar-refractivity contribution in [2.45, 2.75) is 37.5 Å². The van der Waals surface area contributed by atoms with Crippen molar-refractivity contribution in [2.24, 2.45) is 0 Å². The van der Waals surface area contributed by atoms with Gasteiger partial charge in [-0.1, -0.05) is 5.16 Å². The minimum atomic E-state index is -3.52. The maximum absolute atomic E-state index is 12.7. The molecule has 0 aliphatic carbocycles. The van der Waals surface area contributed by atoms with Crippen LogP contribution >= 0.6 is 0 Å². The number of rotatable bonds is 3. The summed E-state index contributed by atoms with van der Waals surface area (Å²) in [5.41, 5.74) is 1.65. The van der Waals surface area contributed by atoms with E-state index in [-0.39, 0.29) is 4.90 Å². The van der Waals surface area contributed by atoms with Crippen molar-refractivity contribution in [3.8, 4) is 0 Å². The summed E-state index contributed by atoms with van der Waals surface area (Å²) >= 11 is 0. The molecule has 1 aliphatic heterocycles. The SMILES string of the molecule is Cc1noc(C)c1S(=O)(=O)N1CCC(c2ccncc2)CC1. The number of aromatic nitrogens is 2. The quantitative estimate of drug-likeness (QED) is 0.866. The molecule has 0 saturated carbocycles. The molecule has 0 aromatic carbocycles. The van der Waals surface area contributed by atoms with Crippen LogP contribution in [0.5, 0.6) is 0 Å². The summed E-state index contributed by atoms with van der Waals surface area (Å²) < 4.78 is 32.0. The summed E-state index contributed by atoms with van der Waals surface area (Å²) in [5.74, 6) is 0.743. The van der Waals surface area contributed by atoms with Gasteiger partial charge in [0.05, 0.1) is 0 Å². The topological polar surface area (TPSA) is 76.3 Å². The van der Waals surface area contributed by atoms with Crippen LogP contribution in [0.1, 0.15) is 35.8 Å². The number of hydrogen-bond acceptors (Lipinski definition) is 5. The van der Waals surface area contributed by atoms with Crippen LogP contribution in [0.25, 0.3) is 0 Å². The molecule has 22 heavy (non-hydrogen) atoms. The minimum Gasteiger partial charge on any atom is -0.360 e. The van der Waals surface area contributed by atoms with E-state index in [1.807, 2.05) is 12.1 Å². The maximum Gasteiger partial charge on any atom is 0.248 e. The lowest BCUT2D eigenvalue weighted by Gasteiger charge is -2.31. The molecule has 0 amide bonds. The van der Waals surface area contributed by atoms with Gasteiger partial charge in [0.25, 0.3) is 0 Å². The molecule has 0 spiro atoms.